The van der Waals surface area contributed by atoms with Crippen LogP contribution in [0.3, 0.4) is 0 Å². The average molecular weight is 1540 g/mol. The van der Waals surface area contributed by atoms with Gasteiger partial charge in [-0.05, 0) is 136 Å². The highest BCUT2D eigenvalue weighted by Crippen LogP contribution is 2.40. The number of nitrogens with zero attached hydrogens (tertiary/aromatic N) is 2. The first-order valence-corrected chi connectivity index (χ1v) is 23.6. The molecule has 0 fully saturated rings. The van der Waals surface area contributed by atoms with E-state index in [4.69, 9.17) is 0 Å². The number of rotatable bonds is 24. The van der Waals surface area contributed by atoms with E-state index in [2.05, 4.69) is 21.3 Å². The monoisotopic (exact) mass is 1540 g/mol. The van der Waals surface area contributed by atoms with Gasteiger partial charge >= 0.3 is 0 Å². The highest BCUT2D eigenvalue weighted by atomic mass is 127. The zero-order chi connectivity index (χ0) is 46.5. The summed E-state index contributed by atoms with van der Waals surface area (Å²) in [7, 11) is 0. The molecule has 4 unspecified atom stereocenters. The van der Waals surface area contributed by atoms with E-state index < -0.39 is 120 Å². The Morgan fingerprint density at radius 2 is 0.689 bits per heavy atom. The maximum atomic E-state index is 13.5. The molecule has 0 saturated heterocycles. The molecule has 340 valence electrons. The van der Waals surface area contributed by atoms with Gasteiger partial charge < -0.3 is 82.1 Å². The quantitative estimate of drug-likeness (QED) is 0.0282. The van der Waals surface area contributed by atoms with E-state index in [1.165, 1.54) is 0 Å². The van der Waals surface area contributed by atoms with Crippen LogP contribution in [0.5, 0.6) is 0 Å². The standard InChI is InChI=1S/C33H40I6N6O16/c34-21-17(29(56)40-1-13(52)5-46)23(36)27(24(37)18(21)30(57)41-2-14(53)6-47)44(11-50)9-33(60,61)10-45(12-51)28-25(38)19(31(58)42-3-15(54)7-48)22(35)20(26(28)39)32(59)43-4-16(55)8-49/h11-16,46-49,52-55,60-61H,1-10H2,(H,40,56)(H,41,57)(H,42,58)(H,43,59). The summed E-state index contributed by atoms with van der Waals surface area (Å²) in [6.07, 6.45) is -5.16. The van der Waals surface area contributed by atoms with Crippen LogP contribution in [-0.2, 0) is 9.59 Å². The van der Waals surface area contributed by atoms with Gasteiger partial charge in [0.1, 0.15) is 0 Å². The summed E-state index contributed by atoms with van der Waals surface area (Å²) in [6.45, 7) is -6.64. The van der Waals surface area contributed by atoms with Crippen molar-refractivity contribution >= 4 is 183 Å². The highest BCUT2D eigenvalue weighted by molar-refractivity contribution is 14.1. The van der Waals surface area contributed by atoms with Crippen molar-refractivity contribution in [3.8, 4) is 0 Å². The first-order valence-electron chi connectivity index (χ1n) is 17.2. The minimum absolute atomic E-state index is 0.00449. The van der Waals surface area contributed by atoms with Crippen molar-refractivity contribution < 1.29 is 79.8 Å². The second-order valence-corrected chi connectivity index (χ2v) is 19.2. The summed E-state index contributed by atoms with van der Waals surface area (Å²) < 4.78 is 0.0351. The van der Waals surface area contributed by atoms with Crippen LogP contribution in [0.15, 0.2) is 0 Å². The molecule has 0 spiro atoms. The van der Waals surface area contributed by atoms with Gasteiger partial charge in [-0.3, -0.25) is 28.8 Å². The number of amides is 6. The van der Waals surface area contributed by atoms with Gasteiger partial charge in [-0.15, -0.1) is 0 Å². The SMILES string of the molecule is O=CN(CC(O)(O)CN(C=O)c1c(I)c(C(=O)NCC(O)CO)c(I)c(C(=O)NCC(O)CO)c1I)c1c(I)c(C(=O)NCC(O)CO)c(I)c(C(=O)NCC(O)CO)c1I. The first-order chi connectivity index (χ1) is 28.6. The molecule has 22 nitrogen and oxygen atoms in total. The van der Waals surface area contributed by atoms with Crippen molar-refractivity contribution in [3.05, 3.63) is 43.7 Å². The van der Waals surface area contributed by atoms with Crippen LogP contribution in [0.4, 0.5) is 11.4 Å². The van der Waals surface area contributed by atoms with E-state index in [1.807, 2.05) is 0 Å². The highest BCUT2D eigenvalue weighted by Gasteiger charge is 2.38. The van der Waals surface area contributed by atoms with E-state index in [0.29, 0.717) is 0 Å². The average Bonchev–Trinajstić information content (AvgIpc) is 3.21. The molecule has 28 heteroatoms. The molecule has 14 N–H and O–H groups in total. The van der Waals surface area contributed by atoms with Crippen molar-refractivity contribution in [2.75, 3.05) is 75.5 Å². The smallest absolute Gasteiger partial charge is 0.253 e. The molecule has 6 amide bonds. The number of nitrogens with one attached hydrogen (secondary N) is 4. The summed E-state index contributed by atoms with van der Waals surface area (Å²) in [5, 5.41) is 109. The van der Waals surface area contributed by atoms with Crippen molar-refractivity contribution in [1.29, 1.82) is 0 Å². The Kier molecular flexibility index (Phi) is 24.4. The predicted molar refractivity (Wildman–Crippen MR) is 265 cm³/mol. The molecule has 61 heavy (non-hydrogen) atoms. The number of carbonyl (C=O) groups is 6. The van der Waals surface area contributed by atoms with Crippen LogP contribution in [0.25, 0.3) is 0 Å². The van der Waals surface area contributed by atoms with E-state index in [9.17, 15) is 79.8 Å². The van der Waals surface area contributed by atoms with Gasteiger partial charge in [0.25, 0.3) is 23.6 Å². The third kappa shape index (κ3) is 15.1. The van der Waals surface area contributed by atoms with Crippen LogP contribution in [0.1, 0.15) is 41.4 Å². The first kappa shape index (κ1) is 56.4. The minimum atomic E-state index is -3.06. The van der Waals surface area contributed by atoms with Crippen molar-refractivity contribution in [3.63, 3.8) is 0 Å². The molecule has 0 aliphatic carbocycles. The normalized spacial score (nSPS) is 13.4. The number of hydrogen-bond acceptors (Lipinski definition) is 16. The summed E-state index contributed by atoms with van der Waals surface area (Å²) in [4.78, 5) is 81.3. The lowest BCUT2D eigenvalue weighted by molar-refractivity contribution is -0.148. The Bertz CT molecular complexity index is 1710. The van der Waals surface area contributed by atoms with Gasteiger partial charge in [-0.25, -0.2) is 0 Å². The number of anilines is 2. The summed E-state index contributed by atoms with van der Waals surface area (Å²) >= 11 is 10.1. The number of halogens is 6. The van der Waals surface area contributed by atoms with Gasteiger partial charge in [-0.2, -0.15) is 0 Å². The molecule has 0 aromatic heterocycles. The summed E-state index contributed by atoms with van der Waals surface area (Å²) in [5.74, 6) is -6.56. The second-order valence-electron chi connectivity index (χ2n) is 12.7. The molecule has 2 aromatic rings. The summed E-state index contributed by atoms with van der Waals surface area (Å²) in [5.41, 5.74) is -1.25. The fraction of sp³-hybridized carbons (Fsp3) is 0.455. The Labute approximate surface area is 428 Å². The van der Waals surface area contributed by atoms with Gasteiger partial charge in [0.05, 0.1) is 112 Å². The number of carbonyl (C=O) groups excluding carboxylic acids is 6. The molecular weight excluding hydrogens is 1500 g/mol. The molecule has 0 radical (unpaired) electrons. The van der Waals surface area contributed by atoms with Gasteiger partial charge in [0, 0.05) is 33.3 Å². The number of hydrogen-bond donors (Lipinski definition) is 14. The topological polar surface area (TPSA) is 359 Å². The molecule has 0 aliphatic rings. The van der Waals surface area contributed by atoms with E-state index in [-0.39, 0.29) is 67.9 Å². The molecule has 0 aliphatic heterocycles. The zero-order valence-corrected chi connectivity index (χ0v) is 44.1. The third-order valence-corrected chi connectivity index (χ3v) is 14.4. The Morgan fingerprint density at radius 1 is 0.475 bits per heavy atom. The number of aliphatic hydroxyl groups excluding tert-OH is 8. The van der Waals surface area contributed by atoms with Gasteiger partial charge in [0.15, 0.2) is 5.79 Å². The lowest BCUT2D eigenvalue weighted by atomic mass is 10.1. The molecule has 0 bridgehead atoms. The summed E-state index contributed by atoms with van der Waals surface area (Å²) in [6, 6.07) is 0. The third-order valence-electron chi connectivity index (χ3n) is 8.01. The largest absolute Gasteiger partial charge is 0.394 e. The van der Waals surface area contributed by atoms with Crippen molar-refractivity contribution in [2.45, 2.75) is 30.2 Å². The molecule has 2 aromatic carbocycles. The fourth-order valence-corrected chi connectivity index (χ4v) is 14.5. The number of benzene rings is 2. The lowest BCUT2D eigenvalue weighted by Crippen LogP contribution is -2.51. The van der Waals surface area contributed by atoms with Crippen LogP contribution >= 0.6 is 136 Å². The maximum absolute atomic E-state index is 13.5. The van der Waals surface area contributed by atoms with Gasteiger partial charge in [-0.1, -0.05) is 0 Å². The molecular formula is C33H40I6N6O16. The molecule has 2 rings (SSSR count). The Balaban J connectivity index is 2.81. The lowest BCUT2D eigenvalue weighted by Gasteiger charge is -2.34. The fourth-order valence-electron chi connectivity index (χ4n) is 4.99. The Morgan fingerprint density at radius 3 is 0.869 bits per heavy atom. The molecule has 0 saturated carbocycles. The molecule has 4 atom stereocenters. The zero-order valence-electron chi connectivity index (χ0n) is 31.1. The van der Waals surface area contributed by atoms with Crippen LogP contribution in [0.2, 0.25) is 0 Å². The van der Waals surface area contributed by atoms with E-state index in [1.54, 1.807) is 136 Å². The predicted octanol–water partition coefficient (Wildman–Crippen LogP) is -3.05. The van der Waals surface area contributed by atoms with Crippen molar-refractivity contribution in [1.82, 2.24) is 21.3 Å². The van der Waals surface area contributed by atoms with Crippen molar-refractivity contribution in [2.24, 2.45) is 0 Å². The van der Waals surface area contributed by atoms with Crippen LogP contribution in [-0.4, -0.2) is 183 Å². The maximum Gasteiger partial charge on any atom is 0.253 e. The van der Waals surface area contributed by atoms with Gasteiger partial charge in [0.2, 0.25) is 12.8 Å². The second kappa shape index (κ2) is 26.4. The van der Waals surface area contributed by atoms with Crippen LogP contribution in [0, 0.1) is 21.4 Å². The number of aliphatic hydroxyl groups is 10. The van der Waals surface area contributed by atoms with Crippen LogP contribution < -0.4 is 31.1 Å². The van der Waals surface area contributed by atoms with E-state index >= 15 is 0 Å². The Hall–Kier alpha value is -0.760. The minimum Gasteiger partial charge on any atom is -0.394 e. The molecule has 0 heterocycles. The van der Waals surface area contributed by atoms with E-state index in [0.717, 1.165) is 9.80 Å².